The van der Waals surface area contributed by atoms with Gasteiger partial charge in [0.05, 0.1) is 24.8 Å². The fourth-order valence-corrected chi connectivity index (χ4v) is 3.91. The SMILES string of the molecule is CCOC(=O)c1[nH]c(CN2CCN([C@@H](C)C(=O)NC3CC3)CC2)c(C(=O)OCC)c1C. The maximum atomic E-state index is 12.6. The van der Waals surface area contributed by atoms with Gasteiger partial charge < -0.3 is 19.8 Å². The quantitative estimate of drug-likeness (QED) is 0.567. The van der Waals surface area contributed by atoms with Crippen molar-refractivity contribution in [2.24, 2.45) is 0 Å². The predicted molar refractivity (Wildman–Crippen MR) is 115 cm³/mol. The number of aromatic nitrogens is 1. The van der Waals surface area contributed by atoms with Crippen LogP contribution in [0.5, 0.6) is 0 Å². The lowest BCUT2D eigenvalue weighted by molar-refractivity contribution is -0.126. The van der Waals surface area contributed by atoms with Gasteiger partial charge in [0, 0.05) is 44.5 Å². The topological polar surface area (TPSA) is 104 Å². The summed E-state index contributed by atoms with van der Waals surface area (Å²) >= 11 is 0. The lowest BCUT2D eigenvalue weighted by atomic mass is 10.1. The fourth-order valence-electron chi connectivity index (χ4n) is 3.91. The molecule has 1 saturated heterocycles. The molecule has 9 nitrogen and oxygen atoms in total. The van der Waals surface area contributed by atoms with E-state index in [1.54, 1.807) is 20.8 Å². The first-order valence-electron chi connectivity index (χ1n) is 11.2. The van der Waals surface area contributed by atoms with E-state index < -0.39 is 11.9 Å². The molecule has 2 heterocycles. The molecule has 1 saturated carbocycles. The largest absolute Gasteiger partial charge is 0.462 e. The summed E-state index contributed by atoms with van der Waals surface area (Å²) < 4.78 is 10.3. The van der Waals surface area contributed by atoms with Crippen molar-refractivity contribution in [3.63, 3.8) is 0 Å². The number of ether oxygens (including phenoxy) is 2. The molecule has 31 heavy (non-hydrogen) atoms. The van der Waals surface area contributed by atoms with Crippen molar-refractivity contribution in [3.8, 4) is 0 Å². The van der Waals surface area contributed by atoms with Crippen LogP contribution in [0.2, 0.25) is 0 Å². The Morgan fingerprint density at radius 2 is 1.68 bits per heavy atom. The van der Waals surface area contributed by atoms with Crippen LogP contribution in [0.15, 0.2) is 0 Å². The number of rotatable bonds is 9. The normalized spacial score (nSPS) is 18.5. The van der Waals surface area contributed by atoms with Crippen LogP contribution in [0.25, 0.3) is 0 Å². The Balaban J connectivity index is 1.66. The average Bonchev–Trinajstić information content (AvgIpc) is 3.49. The number of carbonyl (C=O) groups is 3. The Hall–Kier alpha value is -2.39. The molecule has 0 unspecified atom stereocenters. The van der Waals surface area contributed by atoms with Gasteiger partial charge in [-0.15, -0.1) is 0 Å². The lowest BCUT2D eigenvalue weighted by Gasteiger charge is -2.37. The summed E-state index contributed by atoms with van der Waals surface area (Å²) in [6, 6.07) is 0.211. The second kappa shape index (κ2) is 10.3. The van der Waals surface area contributed by atoms with Gasteiger partial charge in [0.25, 0.3) is 0 Å². The molecule has 2 fully saturated rings. The second-order valence-electron chi connectivity index (χ2n) is 8.19. The summed E-state index contributed by atoms with van der Waals surface area (Å²) in [4.78, 5) is 44.7. The van der Waals surface area contributed by atoms with E-state index in [9.17, 15) is 14.4 Å². The maximum absolute atomic E-state index is 12.6. The first kappa shape index (κ1) is 23.3. The van der Waals surface area contributed by atoms with Crippen molar-refractivity contribution in [1.82, 2.24) is 20.1 Å². The standard InChI is InChI=1S/C22H34N4O5/c1-5-30-21(28)18-14(3)19(22(29)31-6-2)24-17(18)13-25-9-11-26(12-10-25)15(4)20(27)23-16-7-8-16/h15-16,24H,5-13H2,1-4H3,(H,23,27)/t15-/m0/s1. The van der Waals surface area contributed by atoms with Gasteiger partial charge in [0.15, 0.2) is 0 Å². The summed E-state index contributed by atoms with van der Waals surface area (Å²) in [6.07, 6.45) is 2.16. The minimum absolute atomic E-state index is 0.0969. The van der Waals surface area contributed by atoms with Gasteiger partial charge in [0.1, 0.15) is 5.69 Å². The third kappa shape index (κ3) is 5.65. The van der Waals surface area contributed by atoms with Crippen molar-refractivity contribution in [2.75, 3.05) is 39.4 Å². The van der Waals surface area contributed by atoms with E-state index in [2.05, 4.69) is 20.1 Å². The molecular weight excluding hydrogens is 400 g/mol. The van der Waals surface area contributed by atoms with E-state index in [0.717, 1.165) is 39.0 Å². The molecule has 1 aliphatic heterocycles. The molecule has 0 aromatic carbocycles. The number of hydrogen-bond acceptors (Lipinski definition) is 7. The Morgan fingerprint density at radius 3 is 2.26 bits per heavy atom. The monoisotopic (exact) mass is 434 g/mol. The summed E-state index contributed by atoms with van der Waals surface area (Å²) in [5.74, 6) is -0.817. The molecule has 0 spiro atoms. The minimum atomic E-state index is -0.475. The van der Waals surface area contributed by atoms with Gasteiger partial charge in [-0.2, -0.15) is 0 Å². The molecule has 0 bridgehead atoms. The van der Waals surface area contributed by atoms with E-state index in [0.29, 0.717) is 35.1 Å². The Bertz CT molecular complexity index is 809. The Morgan fingerprint density at radius 1 is 1.06 bits per heavy atom. The maximum Gasteiger partial charge on any atom is 0.355 e. The molecule has 3 rings (SSSR count). The van der Waals surface area contributed by atoms with Crippen molar-refractivity contribution in [3.05, 3.63) is 22.5 Å². The molecule has 9 heteroatoms. The zero-order valence-electron chi connectivity index (χ0n) is 19.0. The highest BCUT2D eigenvalue weighted by molar-refractivity contribution is 5.98. The summed E-state index contributed by atoms with van der Waals surface area (Å²) in [7, 11) is 0. The molecule has 2 aliphatic rings. The van der Waals surface area contributed by atoms with Crippen molar-refractivity contribution in [1.29, 1.82) is 0 Å². The minimum Gasteiger partial charge on any atom is -0.462 e. The molecule has 1 amide bonds. The highest BCUT2D eigenvalue weighted by Gasteiger charge is 2.31. The smallest absolute Gasteiger partial charge is 0.355 e. The van der Waals surface area contributed by atoms with Crippen LogP contribution in [-0.2, 0) is 20.8 Å². The number of piperazine rings is 1. The number of amides is 1. The van der Waals surface area contributed by atoms with Crippen LogP contribution < -0.4 is 5.32 Å². The number of nitrogens with zero attached hydrogens (tertiary/aromatic N) is 2. The average molecular weight is 435 g/mol. The van der Waals surface area contributed by atoms with Crippen LogP contribution >= 0.6 is 0 Å². The van der Waals surface area contributed by atoms with Gasteiger partial charge in [-0.25, -0.2) is 9.59 Å². The van der Waals surface area contributed by atoms with Crippen molar-refractivity contribution >= 4 is 17.8 Å². The zero-order valence-corrected chi connectivity index (χ0v) is 19.0. The molecule has 1 aromatic rings. The number of hydrogen-bond donors (Lipinski definition) is 2. The van der Waals surface area contributed by atoms with Gasteiger partial charge in [-0.05, 0) is 46.1 Å². The number of aromatic amines is 1. The fraction of sp³-hybridized carbons (Fsp3) is 0.682. The Kier molecular flexibility index (Phi) is 7.72. The van der Waals surface area contributed by atoms with E-state index >= 15 is 0 Å². The first-order chi connectivity index (χ1) is 14.8. The third-order valence-corrected chi connectivity index (χ3v) is 5.93. The van der Waals surface area contributed by atoms with Crippen LogP contribution in [0.3, 0.4) is 0 Å². The second-order valence-corrected chi connectivity index (χ2v) is 8.19. The summed E-state index contributed by atoms with van der Waals surface area (Å²) in [5, 5.41) is 3.07. The summed E-state index contributed by atoms with van der Waals surface area (Å²) in [6.45, 7) is 11.2. The zero-order chi connectivity index (χ0) is 22.5. The predicted octanol–water partition coefficient (Wildman–Crippen LogP) is 1.46. The van der Waals surface area contributed by atoms with Crippen molar-refractivity contribution in [2.45, 2.75) is 59.2 Å². The van der Waals surface area contributed by atoms with Gasteiger partial charge in [0.2, 0.25) is 5.91 Å². The van der Waals surface area contributed by atoms with E-state index in [4.69, 9.17) is 9.47 Å². The highest BCUT2D eigenvalue weighted by Crippen LogP contribution is 2.23. The van der Waals surface area contributed by atoms with Gasteiger partial charge in [-0.3, -0.25) is 14.6 Å². The third-order valence-electron chi connectivity index (χ3n) is 5.93. The van der Waals surface area contributed by atoms with Crippen LogP contribution in [-0.4, -0.2) is 84.1 Å². The highest BCUT2D eigenvalue weighted by atomic mass is 16.5. The van der Waals surface area contributed by atoms with E-state index in [1.165, 1.54) is 0 Å². The number of nitrogens with one attached hydrogen (secondary N) is 2. The van der Waals surface area contributed by atoms with E-state index in [1.807, 2.05) is 6.92 Å². The molecular formula is C22H34N4O5. The molecule has 0 radical (unpaired) electrons. The van der Waals surface area contributed by atoms with E-state index in [-0.39, 0.29) is 25.2 Å². The van der Waals surface area contributed by atoms with Gasteiger partial charge in [-0.1, -0.05) is 0 Å². The first-order valence-corrected chi connectivity index (χ1v) is 11.2. The van der Waals surface area contributed by atoms with Crippen molar-refractivity contribution < 1.29 is 23.9 Å². The van der Waals surface area contributed by atoms with Crippen LogP contribution in [0, 0.1) is 6.92 Å². The molecule has 1 atom stereocenters. The van der Waals surface area contributed by atoms with Crippen LogP contribution in [0.4, 0.5) is 0 Å². The number of carbonyl (C=O) groups excluding carboxylic acids is 3. The molecule has 1 aromatic heterocycles. The number of H-pyrrole nitrogens is 1. The summed E-state index contributed by atoms with van der Waals surface area (Å²) in [5.41, 5.74) is 1.91. The molecule has 1 aliphatic carbocycles. The molecule has 172 valence electrons. The number of esters is 2. The lowest BCUT2D eigenvalue weighted by Crippen LogP contribution is -2.53. The van der Waals surface area contributed by atoms with Gasteiger partial charge >= 0.3 is 11.9 Å². The Labute approximate surface area is 183 Å². The molecule has 2 N–H and O–H groups in total. The van der Waals surface area contributed by atoms with Crippen LogP contribution in [0.1, 0.15) is 65.7 Å².